The van der Waals surface area contributed by atoms with Crippen LogP contribution in [0.2, 0.25) is 15.8 Å². The van der Waals surface area contributed by atoms with Crippen LogP contribution in [0.4, 0.5) is 0 Å². The second kappa shape index (κ2) is 68.2. The molecule has 0 aliphatic rings. The molecule has 19 heavy (non-hydrogen) atoms. The maximum absolute atomic E-state index is 8.00. The van der Waals surface area contributed by atoms with Gasteiger partial charge in [0.05, 0.1) is 0 Å². The average Bonchev–Trinajstić information content (AvgIpc) is 2.48. The van der Waals surface area contributed by atoms with E-state index in [1.165, 1.54) is 15.8 Å². The monoisotopic (exact) mass is 377 g/mol. The Morgan fingerprint density at radius 1 is 0.579 bits per heavy atom. The molecule has 0 aromatic carbocycles. The molecule has 113 valence electrons. The van der Waals surface area contributed by atoms with Crippen molar-refractivity contribution in [1.29, 1.82) is 0 Å². The van der Waals surface area contributed by atoms with Gasteiger partial charge < -0.3 is 19.2 Å². The average molecular weight is 376 g/mol. The zero-order chi connectivity index (χ0) is 15.8. The zero-order valence-corrected chi connectivity index (χ0v) is 14.8. The smallest absolute Gasteiger partial charge is 0.106 e. The second-order valence-corrected chi connectivity index (χ2v) is 9.04. The molecular weight excluding hydrogens is 352 g/mol. The summed E-state index contributed by atoms with van der Waals surface area (Å²) in [5.74, 6) is 0. The van der Waals surface area contributed by atoms with Gasteiger partial charge in [0.1, 0.15) is 27.2 Å². The van der Waals surface area contributed by atoms with Gasteiger partial charge in [-0.05, 0) is 0 Å². The minimum Gasteiger partial charge on any atom is -0.307 e. The summed E-state index contributed by atoms with van der Waals surface area (Å²) in [4.78, 5) is 32.0. The number of allylic oxidation sites excluding steroid dienone is 3. The van der Waals surface area contributed by atoms with Crippen LogP contribution in [0.1, 0.15) is 0 Å². The van der Waals surface area contributed by atoms with Crippen LogP contribution in [0.25, 0.3) is 0 Å². The van der Waals surface area contributed by atoms with Gasteiger partial charge >= 0.3 is 68.1 Å². The van der Waals surface area contributed by atoms with Crippen molar-refractivity contribution < 1.29 is 36.0 Å². The molecule has 1 radical (unpaired) electrons. The largest absolute Gasteiger partial charge is 0.307 e. The van der Waals surface area contributed by atoms with E-state index in [1.54, 1.807) is 0 Å². The maximum atomic E-state index is 8.00. The first-order valence-corrected chi connectivity index (χ1v) is 9.97. The van der Waals surface area contributed by atoms with Gasteiger partial charge in [-0.25, -0.2) is 0 Å². The molecule has 0 saturated carbocycles. The number of carbonyl (C=O) groups is 4. The van der Waals surface area contributed by atoms with Gasteiger partial charge in [-0.15, -0.1) is 0 Å². The molecule has 0 atom stereocenters. The Morgan fingerprint density at radius 3 is 0.842 bits per heavy atom. The van der Waals surface area contributed by atoms with Crippen LogP contribution in [-0.2, 0) is 36.0 Å². The van der Waals surface area contributed by atoms with Crippen LogP contribution < -0.4 is 0 Å². The summed E-state index contributed by atoms with van der Waals surface area (Å²) in [6.07, 6.45) is 6.12. The number of hydrogen-bond acceptors (Lipinski definition) is 4. The fourth-order valence-corrected chi connectivity index (χ4v) is 5.17. The summed E-state index contributed by atoms with van der Waals surface area (Å²) in [6, 6.07) is 0. The molecule has 0 spiro atoms. The molecule has 0 aromatic rings. The molecule has 0 amide bonds. The fraction of sp³-hybridized carbons (Fsp3) is 0.231. The number of rotatable bonds is 6. The summed E-state index contributed by atoms with van der Waals surface area (Å²) in [5, 5.41) is 3.76. The van der Waals surface area contributed by atoms with Gasteiger partial charge in [0, 0.05) is 16.8 Å². The first-order chi connectivity index (χ1) is 8.85. The molecule has 0 bridgehead atoms. The van der Waals surface area contributed by atoms with E-state index in [0.717, 1.165) is 0 Å². The van der Waals surface area contributed by atoms with Crippen LogP contribution >= 0.6 is 0 Å². The van der Waals surface area contributed by atoms with Gasteiger partial charge in [-0.3, -0.25) is 0 Å². The molecule has 6 heteroatoms. The van der Waals surface area contributed by atoms with Gasteiger partial charge in [0.25, 0.3) is 0 Å². The molecule has 0 aliphatic carbocycles. The SMILES string of the molecule is C=C[CH2][GeH]([CH2]C=C)[CH2]C=C.C=O.C=O.C=O.C=O.[Co]. The van der Waals surface area contributed by atoms with E-state index in [9.17, 15) is 0 Å². The molecule has 0 rings (SSSR count). The zero-order valence-electron chi connectivity index (χ0n) is 11.3. The Kier molecular flexibility index (Phi) is 130. The van der Waals surface area contributed by atoms with Crippen LogP contribution in [-0.4, -0.2) is 41.5 Å². The first kappa shape index (κ1) is 36.1. The summed E-state index contributed by atoms with van der Waals surface area (Å²) in [5.41, 5.74) is 0. The minimum absolute atomic E-state index is 0. The molecule has 0 N–H and O–H groups in total. The third kappa shape index (κ3) is 59.9. The molecular formula is C13H24CoGeO4. The Bertz CT molecular complexity index is 148. The number of hydrogen-bond donors (Lipinski definition) is 0. The Morgan fingerprint density at radius 2 is 0.737 bits per heavy atom. The number of carbonyl (C=O) groups excluding carboxylic acids is 4. The van der Waals surface area contributed by atoms with E-state index in [-0.39, 0.29) is 16.8 Å². The predicted molar refractivity (Wildman–Crippen MR) is 80.6 cm³/mol. The summed E-state index contributed by atoms with van der Waals surface area (Å²) >= 11 is -1.03. The fourth-order valence-electron chi connectivity index (χ4n) is 0.996. The first-order valence-electron chi connectivity index (χ1n) is 4.83. The van der Waals surface area contributed by atoms with Crippen molar-refractivity contribution in [2.24, 2.45) is 0 Å². The van der Waals surface area contributed by atoms with E-state index in [1.807, 2.05) is 45.4 Å². The normalized spacial score (nSPS) is 5.74. The summed E-state index contributed by atoms with van der Waals surface area (Å²) in [7, 11) is 0. The van der Waals surface area contributed by atoms with E-state index in [4.69, 9.17) is 19.2 Å². The molecule has 4 nitrogen and oxygen atoms in total. The molecule has 0 saturated heterocycles. The van der Waals surface area contributed by atoms with E-state index in [2.05, 4.69) is 19.7 Å². The second-order valence-electron chi connectivity index (χ2n) is 2.44. The van der Waals surface area contributed by atoms with Gasteiger partial charge in [0.2, 0.25) is 0 Å². The summed E-state index contributed by atoms with van der Waals surface area (Å²) < 4.78 is 0. The topological polar surface area (TPSA) is 68.3 Å². The van der Waals surface area contributed by atoms with Gasteiger partial charge in [0.15, 0.2) is 0 Å². The van der Waals surface area contributed by atoms with Crippen molar-refractivity contribution in [2.75, 3.05) is 0 Å². The quantitative estimate of drug-likeness (QED) is 0.526. The third-order valence-corrected chi connectivity index (χ3v) is 7.79. The van der Waals surface area contributed by atoms with E-state index in [0.29, 0.717) is 0 Å². The van der Waals surface area contributed by atoms with E-state index >= 15 is 0 Å². The van der Waals surface area contributed by atoms with Crippen molar-refractivity contribution in [3.8, 4) is 0 Å². The van der Waals surface area contributed by atoms with E-state index < -0.39 is 14.3 Å². The molecule has 0 aromatic heterocycles. The minimum atomic E-state index is -1.03. The standard InChI is InChI=1S/C9H16Ge.4CH2O.Co/c1-4-7-10(8-5-2)9-6-3;4*1-2;/h4-6,10H,1-3,7-9H2;4*1H2;. The maximum Gasteiger partial charge on any atom is 0.106 e. The molecule has 0 unspecified atom stereocenters. The van der Waals surface area contributed by atoms with Crippen molar-refractivity contribution in [2.45, 2.75) is 15.8 Å². The Labute approximate surface area is 131 Å². The van der Waals surface area contributed by atoms with Crippen molar-refractivity contribution in [3.05, 3.63) is 38.0 Å². The van der Waals surface area contributed by atoms with Crippen molar-refractivity contribution in [3.63, 3.8) is 0 Å². The van der Waals surface area contributed by atoms with Crippen LogP contribution in [0, 0.1) is 0 Å². The van der Waals surface area contributed by atoms with Crippen LogP contribution in [0.15, 0.2) is 38.0 Å². The van der Waals surface area contributed by atoms with Gasteiger partial charge in [-0.1, -0.05) is 0 Å². The molecule has 0 aliphatic heterocycles. The summed E-state index contributed by atoms with van der Waals surface area (Å²) in [6.45, 7) is 19.2. The van der Waals surface area contributed by atoms with Crippen LogP contribution in [0.3, 0.4) is 0 Å². The van der Waals surface area contributed by atoms with Gasteiger partial charge in [-0.2, -0.15) is 0 Å². The molecule has 0 fully saturated rings. The third-order valence-electron chi connectivity index (χ3n) is 1.50. The van der Waals surface area contributed by atoms with Crippen LogP contribution in [0.5, 0.6) is 0 Å². The Hall–Kier alpha value is -1.05. The Balaban J connectivity index is -0.0000000401. The molecule has 0 heterocycles. The predicted octanol–water partition coefficient (Wildman–Crippen LogP) is 2.03. The van der Waals surface area contributed by atoms with Crippen molar-refractivity contribution >= 4 is 41.5 Å². The van der Waals surface area contributed by atoms with Crippen molar-refractivity contribution in [1.82, 2.24) is 0 Å².